The quantitative estimate of drug-likeness (QED) is 0.247. The number of unbranched alkanes of at least 4 members (excludes halogenated alkanes) is 1. The van der Waals surface area contributed by atoms with Crippen molar-refractivity contribution in [2.45, 2.75) is 12.8 Å². The number of sulfonamides is 1. The molecule has 7 nitrogen and oxygen atoms in total. The van der Waals surface area contributed by atoms with Crippen LogP contribution in [0.25, 0.3) is 23.0 Å². The first-order valence-electron chi connectivity index (χ1n) is 10.7. The van der Waals surface area contributed by atoms with Crippen LogP contribution in [0.4, 0.5) is 5.82 Å². The van der Waals surface area contributed by atoms with Crippen molar-refractivity contribution < 1.29 is 8.42 Å². The topological polar surface area (TPSA) is 88.4 Å². The zero-order chi connectivity index (χ0) is 24.0. The standard InChI is InChI=1S/C24H23BrClN5O2S/c25-20-17-28-31-23(16-22(30-24(20)31)19-10-4-5-11-21(19)26)27-13-6-7-14-29-34(32,33)15-12-18-8-2-1-3-9-18/h1-5,8-12,15-17,27,29H,6-7,13-14H2/b15-12+. The molecule has 0 amide bonds. The Labute approximate surface area is 212 Å². The number of halogens is 2. The smallest absolute Gasteiger partial charge is 0.233 e. The second-order valence-electron chi connectivity index (χ2n) is 7.52. The van der Waals surface area contributed by atoms with Crippen LogP contribution in [0, 0.1) is 0 Å². The summed E-state index contributed by atoms with van der Waals surface area (Å²) in [6.07, 6.45) is 4.72. The molecule has 34 heavy (non-hydrogen) atoms. The molecule has 0 saturated carbocycles. The second kappa shape index (κ2) is 11.1. The van der Waals surface area contributed by atoms with Crippen molar-refractivity contribution in [3.05, 3.63) is 87.3 Å². The Bertz CT molecular complexity index is 1410. The van der Waals surface area contributed by atoms with Crippen LogP contribution < -0.4 is 10.0 Å². The van der Waals surface area contributed by atoms with Gasteiger partial charge in [0.15, 0.2) is 5.65 Å². The molecule has 2 aromatic heterocycles. The highest BCUT2D eigenvalue weighted by Crippen LogP contribution is 2.30. The van der Waals surface area contributed by atoms with Crippen molar-refractivity contribution in [2.75, 3.05) is 18.4 Å². The summed E-state index contributed by atoms with van der Waals surface area (Å²) in [5.74, 6) is 0.775. The van der Waals surface area contributed by atoms with Crippen LogP contribution >= 0.6 is 27.5 Å². The summed E-state index contributed by atoms with van der Waals surface area (Å²) in [4.78, 5) is 4.70. The van der Waals surface area contributed by atoms with E-state index >= 15 is 0 Å². The molecule has 4 rings (SSSR count). The van der Waals surface area contributed by atoms with Gasteiger partial charge in [0, 0.05) is 35.2 Å². The lowest BCUT2D eigenvalue weighted by Crippen LogP contribution is -2.22. The zero-order valence-corrected chi connectivity index (χ0v) is 21.3. The van der Waals surface area contributed by atoms with Gasteiger partial charge in [-0.05, 0) is 46.5 Å². The van der Waals surface area contributed by atoms with E-state index in [0.29, 0.717) is 30.2 Å². The van der Waals surface area contributed by atoms with Gasteiger partial charge in [-0.25, -0.2) is 18.1 Å². The fraction of sp³-hybridized carbons (Fsp3) is 0.167. The van der Waals surface area contributed by atoms with Crippen LogP contribution in [0.1, 0.15) is 18.4 Å². The lowest BCUT2D eigenvalue weighted by atomic mass is 10.1. The minimum atomic E-state index is -3.48. The van der Waals surface area contributed by atoms with Gasteiger partial charge in [0.05, 0.1) is 16.4 Å². The number of benzene rings is 2. The van der Waals surface area contributed by atoms with E-state index in [0.717, 1.165) is 33.5 Å². The van der Waals surface area contributed by atoms with E-state index in [2.05, 4.69) is 31.1 Å². The number of hydrogen-bond acceptors (Lipinski definition) is 5. The monoisotopic (exact) mass is 559 g/mol. The highest BCUT2D eigenvalue weighted by Gasteiger charge is 2.13. The van der Waals surface area contributed by atoms with E-state index in [1.165, 1.54) is 5.41 Å². The molecule has 0 fully saturated rings. The van der Waals surface area contributed by atoms with Gasteiger partial charge in [-0.2, -0.15) is 9.61 Å². The fourth-order valence-electron chi connectivity index (χ4n) is 3.33. The molecule has 0 aliphatic rings. The van der Waals surface area contributed by atoms with Crippen LogP contribution in [0.5, 0.6) is 0 Å². The molecule has 0 saturated heterocycles. The first kappa shape index (κ1) is 24.4. The third kappa shape index (κ3) is 6.24. The third-order valence-corrected chi connectivity index (χ3v) is 7.02. The van der Waals surface area contributed by atoms with Gasteiger partial charge in [-0.15, -0.1) is 0 Å². The number of aromatic nitrogens is 3. The maximum absolute atomic E-state index is 12.2. The Morgan fingerprint density at radius 3 is 2.56 bits per heavy atom. The number of hydrogen-bond donors (Lipinski definition) is 2. The molecule has 4 aromatic rings. The lowest BCUT2D eigenvalue weighted by molar-refractivity contribution is 0.587. The summed E-state index contributed by atoms with van der Waals surface area (Å²) in [6.45, 7) is 0.993. The van der Waals surface area contributed by atoms with E-state index < -0.39 is 10.0 Å². The molecular formula is C24H23BrClN5O2S. The first-order chi connectivity index (χ1) is 16.4. The van der Waals surface area contributed by atoms with Crippen molar-refractivity contribution in [1.29, 1.82) is 0 Å². The normalized spacial score (nSPS) is 11.9. The molecule has 2 N–H and O–H groups in total. The summed E-state index contributed by atoms with van der Waals surface area (Å²) in [7, 11) is -3.48. The third-order valence-electron chi connectivity index (χ3n) is 5.03. The highest BCUT2D eigenvalue weighted by atomic mass is 79.9. The number of nitrogens with one attached hydrogen (secondary N) is 2. The number of fused-ring (bicyclic) bond motifs is 1. The first-order valence-corrected chi connectivity index (χ1v) is 13.4. The largest absolute Gasteiger partial charge is 0.370 e. The number of anilines is 1. The van der Waals surface area contributed by atoms with Crippen LogP contribution in [0.15, 0.2) is 76.7 Å². The van der Waals surface area contributed by atoms with Gasteiger partial charge < -0.3 is 5.32 Å². The van der Waals surface area contributed by atoms with Crippen molar-refractivity contribution in [3.8, 4) is 11.3 Å². The zero-order valence-electron chi connectivity index (χ0n) is 18.2. The average molecular weight is 561 g/mol. The molecule has 2 heterocycles. The van der Waals surface area contributed by atoms with Crippen LogP contribution in [-0.2, 0) is 10.0 Å². The van der Waals surface area contributed by atoms with Crippen molar-refractivity contribution in [3.63, 3.8) is 0 Å². The van der Waals surface area contributed by atoms with Crippen LogP contribution in [0.3, 0.4) is 0 Å². The van der Waals surface area contributed by atoms with Crippen LogP contribution in [0.2, 0.25) is 5.02 Å². The Morgan fingerprint density at radius 1 is 1.03 bits per heavy atom. The molecule has 0 unspecified atom stereocenters. The van der Waals surface area contributed by atoms with E-state index in [1.54, 1.807) is 16.8 Å². The molecule has 10 heteroatoms. The summed E-state index contributed by atoms with van der Waals surface area (Å²) in [5, 5.41) is 9.58. The van der Waals surface area contributed by atoms with Crippen molar-refractivity contribution in [2.24, 2.45) is 0 Å². The highest BCUT2D eigenvalue weighted by molar-refractivity contribution is 9.10. The van der Waals surface area contributed by atoms with E-state index in [9.17, 15) is 8.42 Å². The molecule has 0 aliphatic heterocycles. The summed E-state index contributed by atoms with van der Waals surface area (Å²) >= 11 is 9.87. The van der Waals surface area contributed by atoms with E-state index in [4.69, 9.17) is 16.6 Å². The predicted octanol–water partition coefficient (Wildman–Crippen LogP) is 5.59. The minimum absolute atomic E-state index is 0.354. The number of rotatable bonds is 10. The Balaban J connectivity index is 1.34. The summed E-state index contributed by atoms with van der Waals surface area (Å²) in [5.41, 5.74) is 3.08. The van der Waals surface area contributed by atoms with Gasteiger partial charge >= 0.3 is 0 Å². The molecule has 0 aliphatic carbocycles. The molecule has 0 spiro atoms. The number of nitrogens with zero attached hydrogens (tertiary/aromatic N) is 3. The van der Waals surface area contributed by atoms with Gasteiger partial charge in [-0.1, -0.05) is 60.1 Å². The van der Waals surface area contributed by atoms with Crippen LogP contribution in [-0.4, -0.2) is 36.1 Å². The summed E-state index contributed by atoms with van der Waals surface area (Å²) in [6, 6.07) is 18.8. The Kier molecular flexibility index (Phi) is 7.99. The van der Waals surface area contributed by atoms with E-state index in [-0.39, 0.29) is 0 Å². The molecule has 176 valence electrons. The fourth-order valence-corrected chi connectivity index (χ4v) is 4.77. The van der Waals surface area contributed by atoms with Crippen molar-refractivity contribution in [1.82, 2.24) is 19.3 Å². The predicted molar refractivity (Wildman–Crippen MR) is 141 cm³/mol. The van der Waals surface area contributed by atoms with E-state index in [1.807, 2.05) is 60.7 Å². The summed E-state index contributed by atoms with van der Waals surface area (Å²) < 4.78 is 29.4. The Hall–Kier alpha value is -2.72. The molecule has 0 radical (unpaired) electrons. The van der Waals surface area contributed by atoms with Gasteiger partial charge in [0.1, 0.15) is 5.82 Å². The lowest BCUT2D eigenvalue weighted by Gasteiger charge is -2.11. The molecular weight excluding hydrogens is 538 g/mol. The van der Waals surface area contributed by atoms with Gasteiger partial charge in [-0.3, -0.25) is 0 Å². The van der Waals surface area contributed by atoms with Gasteiger partial charge in [0.2, 0.25) is 10.0 Å². The minimum Gasteiger partial charge on any atom is -0.370 e. The SMILES string of the molecule is O=S(=O)(/C=C/c1ccccc1)NCCCCNc1cc(-c2ccccc2Cl)nc2c(Br)cnn12. The molecule has 0 bridgehead atoms. The van der Waals surface area contributed by atoms with Crippen molar-refractivity contribution >= 4 is 55.1 Å². The maximum Gasteiger partial charge on any atom is 0.233 e. The molecule has 0 atom stereocenters. The Morgan fingerprint density at radius 2 is 1.76 bits per heavy atom. The average Bonchev–Trinajstić information content (AvgIpc) is 3.21. The molecule has 2 aromatic carbocycles. The maximum atomic E-state index is 12.2. The van der Waals surface area contributed by atoms with Gasteiger partial charge in [0.25, 0.3) is 0 Å². The second-order valence-corrected chi connectivity index (χ2v) is 10.4.